The molecule has 0 aliphatic heterocycles. The Balaban J connectivity index is 2.66. The maximum Gasteiger partial charge on any atom is 0.139 e. The summed E-state index contributed by atoms with van der Waals surface area (Å²) >= 11 is 0. The van der Waals surface area contributed by atoms with Crippen LogP contribution in [0.4, 0.5) is 0 Å². The maximum absolute atomic E-state index is 12.6. The van der Waals surface area contributed by atoms with E-state index in [0.717, 1.165) is 38.5 Å². The van der Waals surface area contributed by atoms with Gasteiger partial charge in [-0.05, 0) is 31.1 Å². The molecule has 0 aromatic carbocycles. The SMILES string of the molecule is CCC(CC)CC(=O)C1(CC(C)C)CCCC1. The zero-order valence-corrected chi connectivity index (χ0v) is 12.2. The second kappa shape index (κ2) is 6.56. The summed E-state index contributed by atoms with van der Waals surface area (Å²) in [5.74, 6) is 1.85. The summed E-state index contributed by atoms with van der Waals surface area (Å²) in [6.45, 7) is 8.94. The molecular weight excluding hydrogens is 208 g/mol. The molecule has 1 nitrogen and oxygen atoms in total. The van der Waals surface area contributed by atoms with E-state index >= 15 is 0 Å². The highest BCUT2D eigenvalue weighted by Gasteiger charge is 2.40. The molecule has 0 atom stereocenters. The van der Waals surface area contributed by atoms with Gasteiger partial charge < -0.3 is 0 Å². The van der Waals surface area contributed by atoms with E-state index in [1.165, 1.54) is 12.8 Å². The normalized spacial score (nSPS) is 19.2. The number of carbonyl (C=O) groups is 1. The number of hydrogen-bond acceptors (Lipinski definition) is 1. The number of carbonyl (C=O) groups excluding carboxylic acids is 1. The van der Waals surface area contributed by atoms with E-state index in [4.69, 9.17) is 0 Å². The number of hydrogen-bond donors (Lipinski definition) is 0. The average molecular weight is 238 g/mol. The number of rotatable bonds is 7. The molecule has 1 aliphatic rings. The van der Waals surface area contributed by atoms with Crippen molar-refractivity contribution in [1.82, 2.24) is 0 Å². The van der Waals surface area contributed by atoms with Crippen LogP contribution >= 0.6 is 0 Å². The third-order valence-electron chi connectivity index (χ3n) is 4.58. The molecule has 1 rings (SSSR count). The second-order valence-corrected chi connectivity index (χ2v) is 6.40. The van der Waals surface area contributed by atoms with Gasteiger partial charge in [0.1, 0.15) is 5.78 Å². The molecule has 0 saturated heterocycles. The van der Waals surface area contributed by atoms with Gasteiger partial charge in [0, 0.05) is 11.8 Å². The molecule has 0 unspecified atom stereocenters. The summed E-state index contributed by atoms with van der Waals surface area (Å²) in [5.41, 5.74) is 0.0662. The fourth-order valence-corrected chi connectivity index (χ4v) is 3.49. The van der Waals surface area contributed by atoms with Crippen LogP contribution in [0.5, 0.6) is 0 Å². The van der Waals surface area contributed by atoms with Crippen molar-refractivity contribution in [2.24, 2.45) is 17.3 Å². The van der Waals surface area contributed by atoms with E-state index in [9.17, 15) is 4.79 Å². The summed E-state index contributed by atoms with van der Waals surface area (Å²) in [4.78, 5) is 12.6. The van der Waals surface area contributed by atoms with E-state index in [0.29, 0.717) is 17.6 Å². The van der Waals surface area contributed by atoms with Crippen LogP contribution in [-0.4, -0.2) is 5.78 Å². The fraction of sp³-hybridized carbons (Fsp3) is 0.938. The zero-order chi connectivity index (χ0) is 12.9. The zero-order valence-electron chi connectivity index (χ0n) is 12.2. The average Bonchev–Trinajstić information content (AvgIpc) is 2.74. The Hall–Kier alpha value is -0.330. The Morgan fingerprint density at radius 2 is 1.65 bits per heavy atom. The molecule has 17 heavy (non-hydrogen) atoms. The third-order valence-corrected chi connectivity index (χ3v) is 4.58. The molecule has 0 aromatic heterocycles. The summed E-state index contributed by atoms with van der Waals surface area (Å²) in [7, 11) is 0. The van der Waals surface area contributed by atoms with Crippen LogP contribution in [0.2, 0.25) is 0 Å². The standard InChI is InChI=1S/C16H30O/c1-5-14(6-2)11-15(17)16(12-13(3)4)9-7-8-10-16/h13-14H,5-12H2,1-4H3. The topological polar surface area (TPSA) is 17.1 Å². The first-order valence-electron chi connectivity index (χ1n) is 7.57. The van der Waals surface area contributed by atoms with Gasteiger partial charge in [0.25, 0.3) is 0 Å². The largest absolute Gasteiger partial charge is 0.299 e. The van der Waals surface area contributed by atoms with Gasteiger partial charge >= 0.3 is 0 Å². The summed E-state index contributed by atoms with van der Waals surface area (Å²) in [6, 6.07) is 0. The van der Waals surface area contributed by atoms with Crippen molar-refractivity contribution in [3.63, 3.8) is 0 Å². The Kier molecular flexibility index (Phi) is 5.69. The molecule has 1 saturated carbocycles. The minimum absolute atomic E-state index is 0.0662. The van der Waals surface area contributed by atoms with Crippen molar-refractivity contribution < 1.29 is 4.79 Å². The van der Waals surface area contributed by atoms with Crippen LogP contribution in [0, 0.1) is 17.3 Å². The first-order valence-corrected chi connectivity index (χ1v) is 7.57. The van der Waals surface area contributed by atoms with Crippen LogP contribution in [0.1, 0.15) is 79.1 Å². The van der Waals surface area contributed by atoms with Gasteiger partial charge in [0.15, 0.2) is 0 Å². The lowest BCUT2D eigenvalue weighted by molar-refractivity contribution is -0.130. The van der Waals surface area contributed by atoms with Gasteiger partial charge in [-0.25, -0.2) is 0 Å². The lowest BCUT2D eigenvalue weighted by atomic mass is 9.72. The fourth-order valence-electron chi connectivity index (χ4n) is 3.49. The van der Waals surface area contributed by atoms with Gasteiger partial charge in [-0.15, -0.1) is 0 Å². The Labute approximate surface area is 107 Å². The van der Waals surface area contributed by atoms with E-state index < -0.39 is 0 Å². The molecular formula is C16H30O. The molecule has 0 heterocycles. The lowest BCUT2D eigenvalue weighted by Crippen LogP contribution is -2.31. The quantitative estimate of drug-likeness (QED) is 0.611. The first-order chi connectivity index (χ1) is 8.04. The van der Waals surface area contributed by atoms with Crippen molar-refractivity contribution >= 4 is 5.78 Å². The maximum atomic E-state index is 12.6. The van der Waals surface area contributed by atoms with Crippen molar-refractivity contribution in [1.29, 1.82) is 0 Å². The van der Waals surface area contributed by atoms with E-state index in [1.54, 1.807) is 0 Å². The molecule has 0 bridgehead atoms. The van der Waals surface area contributed by atoms with Crippen LogP contribution < -0.4 is 0 Å². The minimum atomic E-state index is 0.0662. The van der Waals surface area contributed by atoms with Crippen LogP contribution in [0.15, 0.2) is 0 Å². The molecule has 0 N–H and O–H groups in total. The highest BCUT2D eigenvalue weighted by Crippen LogP contribution is 2.45. The van der Waals surface area contributed by atoms with Crippen molar-refractivity contribution in [3.05, 3.63) is 0 Å². The monoisotopic (exact) mass is 238 g/mol. The molecule has 0 aromatic rings. The summed E-state index contributed by atoms with van der Waals surface area (Å²) in [6.07, 6.45) is 9.10. The Morgan fingerprint density at radius 3 is 2.06 bits per heavy atom. The highest BCUT2D eigenvalue weighted by molar-refractivity contribution is 5.85. The third kappa shape index (κ3) is 3.82. The van der Waals surface area contributed by atoms with Gasteiger partial charge in [0.2, 0.25) is 0 Å². The summed E-state index contributed by atoms with van der Waals surface area (Å²) in [5, 5.41) is 0. The number of Topliss-reactive ketones (excluding diaryl/α,β-unsaturated/α-hetero) is 1. The predicted molar refractivity (Wildman–Crippen MR) is 74.1 cm³/mol. The van der Waals surface area contributed by atoms with E-state index in [2.05, 4.69) is 27.7 Å². The summed E-state index contributed by atoms with van der Waals surface area (Å²) < 4.78 is 0. The van der Waals surface area contributed by atoms with Crippen molar-refractivity contribution in [2.75, 3.05) is 0 Å². The highest BCUT2D eigenvalue weighted by atomic mass is 16.1. The van der Waals surface area contributed by atoms with Gasteiger partial charge in [-0.1, -0.05) is 53.4 Å². The van der Waals surface area contributed by atoms with E-state index in [1.807, 2.05) is 0 Å². The van der Waals surface area contributed by atoms with Gasteiger partial charge in [0.05, 0.1) is 0 Å². The molecule has 0 spiro atoms. The second-order valence-electron chi connectivity index (χ2n) is 6.40. The molecule has 0 amide bonds. The molecule has 0 radical (unpaired) electrons. The number of ketones is 1. The molecule has 1 fully saturated rings. The van der Waals surface area contributed by atoms with Crippen LogP contribution in [0.25, 0.3) is 0 Å². The van der Waals surface area contributed by atoms with Crippen molar-refractivity contribution in [3.8, 4) is 0 Å². The first kappa shape index (κ1) is 14.7. The molecule has 1 heteroatoms. The molecule has 100 valence electrons. The van der Waals surface area contributed by atoms with Gasteiger partial charge in [-0.2, -0.15) is 0 Å². The van der Waals surface area contributed by atoms with E-state index in [-0.39, 0.29) is 5.41 Å². The molecule has 1 aliphatic carbocycles. The lowest BCUT2D eigenvalue weighted by Gasteiger charge is -2.30. The van der Waals surface area contributed by atoms with Crippen LogP contribution in [0.3, 0.4) is 0 Å². The van der Waals surface area contributed by atoms with Crippen LogP contribution in [-0.2, 0) is 4.79 Å². The van der Waals surface area contributed by atoms with Gasteiger partial charge in [-0.3, -0.25) is 4.79 Å². The predicted octanol–water partition coefficient (Wildman–Crippen LogP) is 4.99. The minimum Gasteiger partial charge on any atom is -0.299 e. The van der Waals surface area contributed by atoms with Crippen molar-refractivity contribution in [2.45, 2.75) is 79.1 Å². The Bertz CT molecular complexity index is 232. The smallest absolute Gasteiger partial charge is 0.139 e. The Morgan fingerprint density at radius 1 is 1.12 bits per heavy atom.